The Hall–Kier alpha value is -0.513. The van der Waals surface area contributed by atoms with Crippen molar-refractivity contribution in [1.82, 2.24) is 0 Å². The van der Waals surface area contributed by atoms with E-state index in [9.17, 15) is 0 Å². The molecule has 0 amide bonds. The molecule has 0 saturated carbocycles. The van der Waals surface area contributed by atoms with E-state index in [2.05, 4.69) is 70.8 Å². The number of hydrogen-bond acceptors (Lipinski definition) is 2. The average Bonchev–Trinajstić information content (AvgIpc) is 2.42. The maximum atomic E-state index is 6.37. The highest BCUT2D eigenvalue weighted by Crippen LogP contribution is 2.37. The van der Waals surface area contributed by atoms with Crippen LogP contribution in [-0.4, -0.2) is 20.2 Å². The predicted octanol–water partition coefficient (Wildman–Crippen LogP) is 5.89. The van der Waals surface area contributed by atoms with Crippen LogP contribution < -0.4 is 0 Å². The number of allylic oxidation sites excluding steroid dienone is 1. The number of hydrogen-bond donors (Lipinski definition) is 0. The summed E-state index contributed by atoms with van der Waals surface area (Å²) < 4.78 is 6.37. The quantitative estimate of drug-likeness (QED) is 0.436. The molecule has 0 spiro atoms. The summed E-state index contributed by atoms with van der Waals surface area (Å²) in [5, 5.41) is 0.771. The molecule has 0 saturated heterocycles. The molecule has 0 aliphatic carbocycles. The van der Waals surface area contributed by atoms with E-state index < -0.39 is 8.32 Å². The molecule has 21 heavy (non-hydrogen) atoms. The van der Waals surface area contributed by atoms with Crippen LogP contribution in [0, 0.1) is 0 Å². The lowest BCUT2D eigenvalue weighted by Crippen LogP contribution is -2.42. The second-order valence-electron chi connectivity index (χ2n) is 7.01. The molecule has 1 aromatic rings. The van der Waals surface area contributed by atoms with Crippen LogP contribution in [0.4, 0.5) is 0 Å². The van der Waals surface area contributed by atoms with Crippen LogP contribution in [0.1, 0.15) is 32.8 Å². The SMILES string of the molecule is C=CCC(CO[Si](C)(C)C(C)(C)C)SCc1ccccc1. The van der Waals surface area contributed by atoms with Crippen molar-refractivity contribution in [2.24, 2.45) is 0 Å². The lowest BCUT2D eigenvalue weighted by Gasteiger charge is -2.37. The van der Waals surface area contributed by atoms with E-state index in [1.54, 1.807) is 0 Å². The third-order valence-electron chi connectivity index (χ3n) is 4.19. The second-order valence-corrected chi connectivity index (χ2v) is 13.1. The Balaban J connectivity index is 2.52. The maximum absolute atomic E-state index is 6.37. The first-order valence-corrected chi connectivity index (χ1v) is 11.6. The minimum atomic E-state index is -1.65. The maximum Gasteiger partial charge on any atom is 0.192 e. The minimum Gasteiger partial charge on any atom is -0.416 e. The van der Waals surface area contributed by atoms with Gasteiger partial charge in [-0.15, -0.1) is 6.58 Å². The van der Waals surface area contributed by atoms with E-state index in [1.165, 1.54) is 5.56 Å². The Kier molecular flexibility index (Phi) is 7.24. The molecule has 1 rings (SSSR count). The van der Waals surface area contributed by atoms with Crippen LogP contribution in [0.2, 0.25) is 18.1 Å². The van der Waals surface area contributed by atoms with Crippen LogP contribution in [0.25, 0.3) is 0 Å². The first-order valence-electron chi connectivity index (χ1n) is 7.66. The molecule has 0 aromatic heterocycles. The smallest absolute Gasteiger partial charge is 0.192 e. The summed E-state index contributed by atoms with van der Waals surface area (Å²) in [5.41, 5.74) is 1.38. The van der Waals surface area contributed by atoms with Crippen LogP contribution in [0.15, 0.2) is 43.0 Å². The van der Waals surface area contributed by atoms with Gasteiger partial charge in [-0.25, -0.2) is 0 Å². The van der Waals surface area contributed by atoms with Crippen molar-refractivity contribution in [3.8, 4) is 0 Å². The van der Waals surface area contributed by atoms with Gasteiger partial charge in [0.25, 0.3) is 0 Å². The second kappa shape index (κ2) is 8.21. The fourth-order valence-corrected chi connectivity index (χ4v) is 3.90. The van der Waals surface area contributed by atoms with Gasteiger partial charge in [0.15, 0.2) is 8.32 Å². The molecule has 0 aliphatic rings. The van der Waals surface area contributed by atoms with Gasteiger partial charge in [-0.2, -0.15) is 11.8 Å². The third-order valence-corrected chi connectivity index (χ3v) is 10.00. The van der Waals surface area contributed by atoms with Gasteiger partial charge in [0, 0.05) is 17.6 Å². The van der Waals surface area contributed by atoms with Crippen molar-refractivity contribution in [1.29, 1.82) is 0 Å². The predicted molar refractivity (Wildman–Crippen MR) is 99.5 cm³/mol. The lowest BCUT2D eigenvalue weighted by molar-refractivity contribution is 0.288. The zero-order chi connectivity index (χ0) is 15.9. The van der Waals surface area contributed by atoms with Gasteiger partial charge in [-0.3, -0.25) is 0 Å². The van der Waals surface area contributed by atoms with E-state index in [0.717, 1.165) is 18.8 Å². The van der Waals surface area contributed by atoms with Gasteiger partial charge in [-0.05, 0) is 30.1 Å². The van der Waals surface area contributed by atoms with Crippen LogP contribution in [-0.2, 0) is 10.2 Å². The summed E-state index contributed by atoms with van der Waals surface area (Å²) >= 11 is 1.98. The minimum absolute atomic E-state index is 0.274. The van der Waals surface area contributed by atoms with E-state index in [4.69, 9.17) is 4.43 Å². The van der Waals surface area contributed by atoms with Crippen LogP contribution in [0.5, 0.6) is 0 Å². The number of thioether (sulfide) groups is 1. The Morgan fingerprint density at radius 3 is 2.38 bits per heavy atom. The van der Waals surface area contributed by atoms with Crippen LogP contribution in [0.3, 0.4) is 0 Å². The topological polar surface area (TPSA) is 9.23 Å². The highest BCUT2D eigenvalue weighted by molar-refractivity contribution is 7.99. The van der Waals surface area contributed by atoms with E-state index >= 15 is 0 Å². The Morgan fingerprint density at radius 2 is 1.86 bits per heavy atom. The fourth-order valence-electron chi connectivity index (χ4n) is 1.68. The molecule has 0 N–H and O–H groups in total. The first-order chi connectivity index (χ1) is 9.76. The monoisotopic (exact) mass is 322 g/mol. The molecule has 0 fully saturated rings. The molecule has 1 atom stereocenters. The molecule has 118 valence electrons. The molecule has 0 aliphatic heterocycles. The molecule has 1 aromatic carbocycles. The van der Waals surface area contributed by atoms with Crippen molar-refractivity contribution in [2.75, 3.05) is 6.61 Å². The molecular weight excluding hydrogens is 292 g/mol. The highest BCUT2D eigenvalue weighted by atomic mass is 32.2. The van der Waals surface area contributed by atoms with Gasteiger partial charge in [0.1, 0.15) is 0 Å². The van der Waals surface area contributed by atoms with Crippen molar-refractivity contribution >= 4 is 20.1 Å². The first kappa shape index (κ1) is 18.5. The average molecular weight is 323 g/mol. The Morgan fingerprint density at radius 1 is 1.24 bits per heavy atom. The summed E-state index contributed by atoms with van der Waals surface area (Å²) in [6.45, 7) is 16.2. The van der Waals surface area contributed by atoms with Crippen molar-refractivity contribution < 1.29 is 4.43 Å². The third kappa shape index (κ3) is 6.41. The summed E-state index contributed by atoms with van der Waals surface area (Å²) in [7, 11) is -1.65. The lowest BCUT2D eigenvalue weighted by atomic mass is 10.2. The van der Waals surface area contributed by atoms with E-state index in [1.807, 2.05) is 17.8 Å². The number of rotatable bonds is 8. The highest BCUT2D eigenvalue weighted by Gasteiger charge is 2.37. The van der Waals surface area contributed by atoms with Crippen LogP contribution >= 0.6 is 11.8 Å². The van der Waals surface area contributed by atoms with E-state index in [-0.39, 0.29) is 5.04 Å². The van der Waals surface area contributed by atoms with Crippen molar-refractivity contribution in [2.45, 2.75) is 56.3 Å². The largest absolute Gasteiger partial charge is 0.416 e. The zero-order valence-corrected chi connectivity index (χ0v) is 16.0. The van der Waals surface area contributed by atoms with Gasteiger partial charge in [0.05, 0.1) is 0 Å². The molecule has 1 nitrogen and oxygen atoms in total. The molecule has 1 unspecified atom stereocenters. The fraction of sp³-hybridized carbons (Fsp3) is 0.556. The van der Waals surface area contributed by atoms with E-state index in [0.29, 0.717) is 5.25 Å². The summed E-state index contributed by atoms with van der Waals surface area (Å²) in [6.07, 6.45) is 3.02. The molecule has 0 radical (unpaired) electrons. The standard InChI is InChI=1S/C18H30OSSi/c1-7-11-17(14-19-21(5,6)18(2,3)4)20-15-16-12-9-8-10-13-16/h7-10,12-13,17H,1,11,14-15H2,2-6H3. The molecular formula is C18H30OSSi. The Bertz CT molecular complexity index is 423. The molecule has 0 bridgehead atoms. The summed E-state index contributed by atoms with van der Waals surface area (Å²) in [5.74, 6) is 1.04. The van der Waals surface area contributed by atoms with Gasteiger partial charge < -0.3 is 4.43 Å². The van der Waals surface area contributed by atoms with Gasteiger partial charge in [-0.1, -0.05) is 57.2 Å². The summed E-state index contributed by atoms with van der Waals surface area (Å²) in [4.78, 5) is 0. The normalized spacial score (nSPS) is 14.0. The Labute approximate surface area is 136 Å². The molecule has 3 heteroatoms. The van der Waals surface area contributed by atoms with Crippen molar-refractivity contribution in [3.05, 3.63) is 48.6 Å². The summed E-state index contributed by atoms with van der Waals surface area (Å²) in [6, 6.07) is 10.6. The zero-order valence-electron chi connectivity index (χ0n) is 14.2. The van der Waals surface area contributed by atoms with Crippen molar-refractivity contribution in [3.63, 3.8) is 0 Å². The van der Waals surface area contributed by atoms with Gasteiger partial charge >= 0.3 is 0 Å². The van der Waals surface area contributed by atoms with Gasteiger partial charge in [0.2, 0.25) is 0 Å². The molecule has 0 heterocycles. The number of benzene rings is 1.